The molecule has 16 heavy (non-hydrogen) atoms. The van der Waals surface area contributed by atoms with Crippen LogP contribution in [0.25, 0.3) is 0 Å². The quantitative estimate of drug-likeness (QED) is 0.827. The second-order valence-electron chi connectivity index (χ2n) is 5.38. The van der Waals surface area contributed by atoms with Crippen LogP contribution in [0.5, 0.6) is 0 Å². The van der Waals surface area contributed by atoms with Crippen LogP contribution in [0.15, 0.2) is 0 Å². The summed E-state index contributed by atoms with van der Waals surface area (Å²) in [4.78, 5) is 0. The van der Waals surface area contributed by atoms with Crippen molar-refractivity contribution in [1.82, 2.24) is 15.1 Å². The minimum Gasteiger partial charge on any atom is -0.310 e. The first-order chi connectivity index (χ1) is 7.58. The lowest BCUT2D eigenvalue weighted by Crippen LogP contribution is -2.16. The van der Waals surface area contributed by atoms with Crippen molar-refractivity contribution in [3.05, 3.63) is 17.0 Å². The second kappa shape index (κ2) is 4.58. The molecule has 0 bridgehead atoms. The monoisotopic (exact) mass is 221 g/mol. The molecule has 0 radical (unpaired) electrons. The number of aryl methyl sites for hydroxylation is 1. The lowest BCUT2D eigenvalue weighted by atomic mass is 10.2. The maximum absolute atomic E-state index is 4.63. The molecule has 90 valence electrons. The van der Waals surface area contributed by atoms with Gasteiger partial charge in [-0.2, -0.15) is 5.10 Å². The van der Waals surface area contributed by atoms with E-state index in [4.69, 9.17) is 0 Å². The molecule has 0 aromatic carbocycles. The Morgan fingerprint density at radius 1 is 1.38 bits per heavy atom. The molecule has 1 heterocycles. The number of hydrogen-bond acceptors (Lipinski definition) is 2. The van der Waals surface area contributed by atoms with Crippen LogP contribution in [0.1, 0.15) is 43.6 Å². The summed E-state index contributed by atoms with van der Waals surface area (Å²) >= 11 is 0. The van der Waals surface area contributed by atoms with E-state index in [1.54, 1.807) is 0 Å². The molecule has 0 saturated heterocycles. The molecule has 1 fully saturated rings. The first kappa shape index (κ1) is 11.6. The fourth-order valence-corrected chi connectivity index (χ4v) is 2.05. The van der Waals surface area contributed by atoms with Gasteiger partial charge < -0.3 is 5.32 Å². The molecule has 1 aromatic heterocycles. The third kappa shape index (κ3) is 2.64. The third-order valence-corrected chi connectivity index (χ3v) is 3.21. The van der Waals surface area contributed by atoms with Crippen LogP contribution in [-0.4, -0.2) is 15.8 Å². The minimum atomic E-state index is 0.655. The number of hydrogen-bond donors (Lipinski definition) is 1. The highest BCUT2D eigenvalue weighted by molar-refractivity contribution is 5.24. The van der Waals surface area contributed by atoms with Crippen LogP contribution in [0.2, 0.25) is 0 Å². The van der Waals surface area contributed by atoms with E-state index >= 15 is 0 Å². The highest BCUT2D eigenvalue weighted by atomic mass is 15.3. The summed E-state index contributed by atoms with van der Waals surface area (Å²) < 4.78 is 2.16. The van der Waals surface area contributed by atoms with Gasteiger partial charge in [0.2, 0.25) is 0 Å². The first-order valence-electron chi connectivity index (χ1n) is 6.34. The SMILES string of the molecule is Cc1nn(CC(C)C)c(C)c1CNC1CC1. The lowest BCUT2D eigenvalue weighted by Gasteiger charge is -2.08. The van der Waals surface area contributed by atoms with E-state index in [9.17, 15) is 0 Å². The predicted molar refractivity (Wildman–Crippen MR) is 66.4 cm³/mol. The van der Waals surface area contributed by atoms with Gasteiger partial charge in [0.05, 0.1) is 5.69 Å². The molecule has 1 N–H and O–H groups in total. The van der Waals surface area contributed by atoms with Crippen LogP contribution >= 0.6 is 0 Å². The highest BCUT2D eigenvalue weighted by Gasteiger charge is 2.21. The molecule has 3 heteroatoms. The summed E-state index contributed by atoms with van der Waals surface area (Å²) in [6, 6.07) is 0.771. The van der Waals surface area contributed by atoms with Crippen LogP contribution in [-0.2, 0) is 13.1 Å². The lowest BCUT2D eigenvalue weighted by molar-refractivity contribution is 0.472. The smallest absolute Gasteiger partial charge is 0.0641 e. The molecule has 2 rings (SSSR count). The van der Waals surface area contributed by atoms with E-state index in [2.05, 4.69) is 42.8 Å². The molecule has 0 aliphatic heterocycles. The van der Waals surface area contributed by atoms with Gasteiger partial charge in [-0.25, -0.2) is 0 Å². The van der Waals surface area contributed by atoms with E-state index in [1.165, 1.54) is 29.8 Å². The molecule has 0 amide bonds. The first-order valence-corrected chi connectivity index (χ1v) is 6.34. The van der Waals surface area contributed by atoms with E-state index < -0.39 is 0 Å². The zero-order valence-corrected chi connectivity index (χ0v) is 10.9. The van der Waals surface area contributed by atoms with Gasteiger partial charge in [0, 0.05) is 30.4 Å². The Balaban J connectivity index is 2.06. The van der Waals surface area contributed by atoms with Crippen molar-refractivity contribution in [1.29, 1.82) is 0 Å². The van der Waals surface area contributed by atoms with Gasteiger partial charge in [-0.3, -0.25) is 4.68 Å². The second-order valence-corrected chi connectivity index (χ2v) is 5.38. The minimum absolute atomic E-state index is 0.655. The average Bonchev–Trinajstić information content (AvgIpc) is 2.96. The van der Waals surface area contributed by atoms with Crippen LogP contribution in [0.3, 0.4) is 0 Å². The van der Waals surface area contributed by atoms with Crippen molar-refractivity contribution in [2.45, 2.75) is 59.7 Å². The summed E-state index contributed by atoms with van der Waals surface area (Å²) in [6.45, 7) is 10.8. The van der Waals surface area contributed by atoms with E-state index in [1.807, 2.05) is 0 Å². The fourth-order valence-electron chi connectivity index (χ4n) is 2.05. The third-order valence-electron chi connectivity index (χ3n) is 3.21. The van der Waals surface area contributed by atoms with E-state index in [0.717, 1.165) is 19.1 Å². The largest absolute Gasteiger partial charge is 0.310 e. The van der Waals surface area contributed by atoms with E-state index in [-0.39, 0.29) is 0 Å². The summed E-state index contributed by atoms with van der Waals surface area (Å²) in [5.74, 6) is 0.655. The molecule has 0 atom stereocenters. The van der Waals surface area contributed by atoms with Gasteiger partial charge in [-0.05, 0) is 32.6 Å². The van der Waals surface area contributed by atoms with Gasteiger partial charge in [0.1, 0.15) is 0 Å². The summed E-state index contributed by atoms with van der Waals surface area (Å²) in [6.07, 6.45) is 2.69. The Morgan fingerprint density at radius 3 is 2.62 bits per heavy atom. The number of nitrogens with one attached hydrogen (secondary N) is 1. The molecule has 0 spiro atoms. The van der Waals surface area contributed by atoms with Crippen molar-refractivity contribution in [3.8, 4) is 0 Å². The fraction of sp³-hybridized carbons (Fsp3) is 0.769. The maximum atomic E-state index is 4.63. The van der Waals surface area contributed by atoms with Gasteiger partial charge in [-0.15, -0.1) is 0 Å². The topological polar surface area (TPSA) is 29.9 Å². The molecule has 0 unspecified atom stereocenters. The summed E-state index contributed by atoms with van der Waals surface area (Å²) in [5.41, 5.74) is 3.92. The molecule has 1 saturated carbocycles. The Labute approximate surface area is 98.2 Å². The number of rotatable bonds is 5. The van der Waals surface area contributed by atoms with Crippen molar-refractivity contribution in [2.24, 2.45) is 5.92 Å². The molecular formula is C13H23N3. The average molecular weight is 221 g/mol. The molecule has 1 aliphatic rings. The van der Waals surface area contributed by atoms with Crippen LogP contribution in [0.4, 0.5) is 0 Å². The van der Waals surface area contributed by atoms with Gasteiger partial charge in [0.15, 0.2) is 0 Å². The Morgan fingerprint density at radius 2 is 2.06 bits per heavy atom. The zero-order valence-electron chi connectivity index (χ0n) is 10.9. The maximum Gasteiger partial charge on any atom is 0.0641 e. The van der Waals surface area contributed by atoms with Gasteiger partial charge in [0.25, 0.3) is 0 Å². The Bertz CT molecular complexity index is 361. The van der Waals surface area contributed by atoms with Crippen LogP contribution < -0.4 is 5.32 Å². The van der Waals surface area contributed by atoms with Crippen molar-refractivity contribution < 1.29 is 0 Å². The normalized spacial score (nSPS) is 16.1. The van der Waals surface area contributed by atoms with Crippen molar-refractivity contribution >= 4 is 0 Å². The predicted octanol–water partition coefficient (Wildman–Crippen LogP) is 2.41. The van der Waals surface area contributed by atoms with Crippen molar-refractivity contribution in [3.63, 3.8) is 0 Å². The van der Waals surface area contributed by atoms with Crippen LogP contribution in [0, 0.1) is 19.8 Å². The molecule has 1 aliphatic carbocycles. The Kier molecular flexibility index (Phi) is 3.33. The Hall–Kier alpha value is -0.830. The highest BCUT2D eigenvalue weighted by Crippen LogP contribution is 2.21. The van der Waals surface area contributed by atoms with E-state index in [0.29, 0.717) is 5.92 Å². The standard InChI is InChI=1S/C13H23N3/c1-9(2)8-16-11(4)13(10(3)15-16)7-14-12-5-6-12/h9,12,14H,5-8H2,1-4H3. The van der Waals surface area contributed by atoms with Crippen molar-refractivity contribution in [2.75, 3.05) is 0 Å². The number of aromatic nitrogens is 2. The summed E-state index contributed by atoms with van der Waals surface area (Å²) in [5, 5.41) is 8.19. The van der Waals surface area contributed by atoms with Gasteiger partial charge in [-0.1, -0.05) is 13.8 Å². The molecule has 1 aromatic rings. The summed E-state index contributed by atoms with van der Waals surface area (Å²) in [7, 11) is 0. The molecular weight excluding hydrogens is 198 g/mol. The molecule has 3 nitrogen and oxygen atoms in total. The van der Waals surface area contributed by atoms with Gasteiger partial charge >= 0.3 is 0 Å². The zero-order chi connectivity index (χ0) is 11.7. The number of nitrogens with zero attached hydrogens (tertiary/aromatic N) is 2.